The van der Waals surface area contributed by atoms with Crippen LogP contribution in [0.2, 0.25) is 5.02 Å². The summed E-state index contributed by atoms with van der Waals surface area (Å²) in [6, 6.07) is 11.4. The van der Waals surface area contributed by atoms with Gasteiger partial charge in [-0.05, 0) is 36.2 Å². The van der Waals surface area contributed by atoms with Gasteiger partial charge in [0.15, 0.2) is 5.96 Å². The van der Waals surface area contributed by atoms with Crippen LogP contribution in [0, 0.1) is 0 Å². The van der Waals surface area contributed by atoms with Gasteiger partial charge in [0.25, 0.3) is 0 Å². The van der Waals surface area contributed by atoms with E-state index in [1.807, 2.05) is 36.4 Å². The lowest BCUT2D eigenvalue weighted by Crippen LogP contribution is -2.37. The lowest BCUT2D eigenvalue weighted by atomic mass is 10.1. The van der Waals surface area contributed by atoms with Gasteiger partial charge in [-0.25, -0.2) is 0 Å². The molecule has 0 aliphatic rings. The van der Waals surface area contributed by atoms with Crippen molar-refractivity contribution < 1.29 is 14.2 Å². The summed E-state index contributed by atoms with van der Waals surface area (Å²) in [5.41, 5.74) is 2.07. The van der Waals surface area contributed by atoms with Crippen LogP contribution in [0.4, 0.5) is 0 Å². The van der Waals surface area contributed by atoms with Gasteiger partial charge in [0, 0.05) is 36.8 Å². The molecule has 154 valence electrons. The number of hydrogen-bond acceptors (Lipinski definition) is 4. The molecule has 0 saturated carbocycles. The first-order valence-corrected chi connectivity index (χ1v) is 8.97. The molecular formula is C20H27ClIN3O3. The third kappa shape index (κ3) is 6.94. The van der Waals surface area contributed by atoms with Crippen LogP contribution < -0.4 is 24.8 Å². The number of halogens is 2. The Morgan fingerprint density at radius 1 is 0.929 bits per heavy atom. The molecule has 2 N–H and O–H groups in total. The van der Waals surface area contributed by atoms with E-state index in [4.69, 9.17) is 25.8 Å². The van der Waals surface area contributed by atoms with Crippen molar-refractivity contribution >= 4 is 41.5 Å². The summed E-state index contributed by atoms with van der Waals surface area (Å²) in [5.74, 6) is 2.98. The summed E-state index contributed by atoms with van der Waals surface area (Å²) in [7, 11) is 6.64. The van der Waals surface area contributed by atoms with E-state index in [9.17, 15) is 0 Å². The van der Waals surface area contributed by atoms with Gasteiger partial charge in [0.2, 0.25) is 0 Å². The van der Waals surface area contributed by atoms with Gasteiger partial charge < -0.3 is 24.8 Å². The van der Waals surface area contributed by atoms with Gasteiger partial charge >= 0.3 is 0 Å². The Morgan fingerprint density at radius 2 is 1.57 bits per heavy atom. The third-order valence-electron chi connectivity index (χ3n) is 4.11. The topological polar surface area (TPSA) is 64.1 Å². The molecule has 2 aromatic carbocycles. The second-order valence-electron chi connectivity index (χ2n) is 5.74. The smallest absolute Gasteiger partial charge is 0.191 e. The van der Waals surface area contributed by atoms with Gasteiger partial charge in [-0.15, -0.1) is 24.0 Å². The van der Waals surface area contributed by atoms with E-state index in [1.54, 1.807) is 28.4 Å². The largest absolute Gasteiger partial charge is 0.497 e. The first-order valence-electron chi connectivity index (χ1n) is 8.59. The summed E-state index contributed by atoms with van der Waals surface area (Å²) in [6.45, 7) is 1.28. The van der Waals surface area contributed by atoms with Crippen LogP contribution in [0.1, 0.15) is 11.1 Å². The molecule has 2 rings (SSSR count). The van der Waals surface area contributed by atoms with Crippen LogP contribution in [0.3, 0.4) is 0 Å². The molecule has 0 unspecified atom stereocenters. The Labute approximate surface area is 188 Å². The molecule has 0 saturated heterocycles. The van der Waals surface area contributed by atoms with Crippen molar-refractivity contribution in [1.29, 1.82) is 0 Å². The van der Waals surface area contributed by atoms with Crippen molar-refractivity contribution in [3.05, 3.63) is 52.5 Å². The maximum absolute atomic E-state index is 6.28. The van der Waals surface area contributed by atoms with Crippen LogP contribution in [-0.2, 0) is 13.0 Å². The number of rotatable bonds is 8. The number of nitrogens with zero attached hydrogens (tertiary/aromatic N) is 1. The molecule has 0 fully saturated rings. The van der Waals surface area contributed by atoms with Gasteiger partial charge in [-0.1, -0.05) is 17.7 Å². The number of nitrogens with one attached hydrogen (secondary N) is 2. The van der Waals surface area contributed by atoms with Crippen LogP contribution in [-0.4, -0.2) is 40.9 Å². The molecule has 6 nitrogen and oxygen atoms in total. The quantitative estimate of drug-likeness (QED) is 0.315. The fourth-order valence-corrected chi connectivity index (χ4v) is 2.84. The number of hydrogen-bond donors (Lipinski definition) is 2. The summed E-state index contributed by atoms with van der Waals surface area (Å²) < 4.78 is 15.8. The highest BCUT2D eigenvalue weighted by Crippen LogP contribution is 2.24. The fraction of sp³-hybridized carbons (Fsp3) is 0.350. The zero-order valence-electron chi connectivity index (χ0n) is 16.5. The third-order valence-corrected chi connectivity index (χ3v) is 4.46. The lowest BCUT2D eigenvalue weighted by molar-refractivity contribution is 0.390. The van der Waals surface area contributed by atoms with Crippen molar-refractivity contribution in [2.45, 2.75) is 13.0 Å². The van der Waals surface area contributed by atoms with Crippen molar-refractivity contribution in [3.63, 3.8) is 0 Å². The van der Waals surface area contributed by atoms with Crippen molar-refractivity contribution in [2.24, 2.45) is 4.99 Å². The zero-order chi connectivity index (χ0) is 19.6. The second-order valence-corrected chi connectivity index (χ2v) is 6.14. The summed E-state index contributed by atoms with van der Waals surface area (Å²) in [5, 5.41) is 7.27. The highest BCUT2D eigenvalue weighted by Gasteiger charge is 2.07. The average Bonchev–Trinajstić information content (AvgIpc) is 2.71. The molecule has 8 heteroatoms. The van der Waals surface area contributed by atoms with Crippen LogP contribution in [0.15, 0.2) is 41.4 Å². The van der Waals surface area contributed by atoms with Crippen LogP contribution in [0.5, 0.6) is 17.2 Å². The molecule has 0 atom stereocenters. The number of methoxy groups -OCH3 is 3. The molecule has 0 spiro atoms. The maximum atomic E-state index is 6.28. The lowest BCUT2D eigenvalue weighted by Gasteiger charge is -2.15. The molecule has 0 bridgehead atoms. The molecule has 0 radical (unpaired) electrons. The van der Waals surface area contributed by atoms with Crippen molar-refractivity contribution in [1.82, 2.24) is 10.6 Å². The molecule has 0 aliphatic heterocycles. The molecular weight excluding hydrogens is 493 g/mol. The Hall–Kier alpha value is -1.87. The maximum Gasteiger partial charge on any atom is 0.191 e. The van der Waals surface area contributed by atoms with Crippen molar-refractivity contribution in [2.75, 3.05) is 34.9 Å². The summed E-state index contributed by atoms with van der Waals surface area (Å²) in [6.07, 6.45) is 0.773. The number of benzene rings is 2. The summed E-state index contributed by atoms with van der Waals surface area (Å²) in [4.78, 5) is 4.25. The van der Waals surface area contributed by atoms with E-state index in [0.29, 0.717) is 24.1 Å². The molecule has 0 amide bonds. The first-order chi connectivity index (χ1) is 13.1. The predicted molar refractivity (Wildman–Crippen MR) is 125 cm³/mol. The highest BCUT2D eigenvalue weighted by molar-refractivity contribution is 14.0. The van der Waals surface area contributed by atoms with Gasteiger partial charge in [-0.2, -0.15) is 0 Å². The van der Waals surface area contributed by atoms with E-state index in [1.165, 1.54) is 0 Å². The molecule has 0 heterocycles. The van der Waals surface area contributed by atoms with Gasteiger partial charge in [0.05, 0.1) is 21.3 Å². The molecule has 0 aliphatic carbocycles. The van der Waals surface area contributed by atoms with E-state index >= 15 is 0 Å². The number of ether oxygens (including phenoxy) is 3. The average molecular weight is 520 g/mol. The Balaban J connectivity index is 0.00000392. The van der Waals surface area contributed by atoms with E-state index in [-0.39, 0.29) is 24.0 Å². The summed E-state index contributed by atoms with van der Waals surface area (Å²) >= 11 is 6.28. The van der Waals surface area contributed by atoms with E-state index in [2.05, 4.69) is 15.6 Å². The first kappa shape index (κ1) is 24.2. The van der Waals surface area contributed by atoms with E-state index in [0.717, 1.165) is 34.8 Å². The minimum absolute atomic E-state index is 0. The number of aliphatic imine (C=N–C) groups is 1. The standard InChI is InChI=1S/C20H26ClN3O3.HI/c1-22-20(23-10-9-14-5-7-16(25-2)11-18(14)21)24-13-15-6-8-17(26-3)12-19(15)27-4;/h5-8,11-12H,9-10,13H2,1-4H3,(H2,22,23,24);1H. The van der Waals surface area contributed by atoms with Gasteiger partial charge in [-0.3, -0.25) is 4.99 Å². The van der Waals surface area contributed by atoms with E-state index < -0.39 is 0 Å². The Bertz CT molecular complexity index is 787. The van der Waals surface area contributed by atoms with Crippen LogP contribution >= 0.6 is 35.6 Å². The normalized spacial score (nSPS) is 10.7. The monoisotopic (exact) mass is 519 g/mol. The number of guanidine groups is 1. The molecule has 28 heavy (non-hydrogen) atoms. The molecule has 2 aromatic rings. The fourth-order valence-electron chi connectivity index (χ4n) is 2.57. The minimum Gasteiger partial charge on any atom is -0.497 e. The Morgan fingerprint density at radius 3 is 2.14 bits per heavy atom. The second kappa shape index (κ2) is 12.6. The SMILES string of the molecule is CN=C(NCCc1ccc(OC)cc1Cl)NCc1ccc(OC)cc1OC.I. The van der Waals surface area contributed by atoms with Gasteiger partial charge in [0.1, 0.15) is 17.2 Å². The minimum atomic E-state index is 0. The predicted octanol–water partition coefficient (Wildman–Crippen LogP) is 3.89. The molecule has 0 aromatic heterocycles. The van der Waals surface area contributed by atoms with Crippen LogP contribution in [0.25, 0.3) is 0 Å². The zero-order valence-corrected chi connectivity index (χ0v) is 19.6. The van der Waals surface area contributed by atoms with Crippen molar-refractivity contribution in [3.8, 4) is 17.2 Å². The Kier molecular flexibility index (Phi) is 10.8. The highest BCUT2D eigenvalue weighted by atomic mass is 127.